The fourth-order valence-corrected chi connectivity index (χ4v) is 3.70. The molecular weight excluding hydrogens is 214 g/mol. The van der Waals surface area contributed by atoms with Crippen molar-refractivity contribution in [1.29, 1.82) is 0 Å². The van der Waals surface area contributed by atoms with Gasteiger partial charge in [0.1, 0.15) is 0 Å². The van der Waals surface area contributed by atoms with Crippen LogP contribution in [-0.4, -0.2) is 29.3 Å². The second kappa shape index (κ2) is 3.48. The summed E-state index contributed by atoms with van der Waals surface area (Å²) in [6.07, 6.45) is 6.05. The molecule has 4 rings (SSSR count). The number of ether oxygens (including phenoxy) is 1. The highest BCUT2D eigenvalue weighted by molar-refractivity contribution is 5.42. The highest BCUT2D eigenvalue weighted by Crippen LogP contribution is 2.46. The Morgan fingerprint density at radius 1 is 1.24 bits per heavy atom. The highest BCUT2D eigenvalue weighted by Gasteiger charge is 2.44. The summed E-state index contributed by atoms with van der Waals surface area (Å²) in [5.41, 5.74) is 3.25. The van der Waals surface area contributed by atoms with Crippen molar-refractivity contribution in [2.75, 3.05) is 25.1 Å². The van der Waals surface area contributed by atoms with Crippen molar-refractivity contribution in [3.05, 3.63) is 11.4 Å². The maximum absolute atomic E-state index is 5.52. The molecule has 1 aromatic heterocycles. The van der Waals surface area contributed by atoms with Gasteiger partial charge in [-0.1, -0.05) is 0 Å². The molecule has 0 aromatic carbocycles. The zero-order chi connectivity index (χ0) is 11.3. The Balaban J connectivity index is 1.79. The van der Waals surface area contributed by atoms with Gasteiger partial charge in [0.2, 0.25) is 5.95 Å². The van der Waals surface area contributed by atoms with Gasteiger partial charge in [0, 0.05) is 37.4 Å². The number of hydrogen-bond acceptors (Lipinski definition) is 3. The predicted molar refractivity (Wildman–Crippen MR) is 65.4 cm³/mol. The second-order valence-electron chi connectivity index (χ2n) is 5.56. The number of nitrogens with zero attached hydrogens (tertiary/aromatic N) is 2. The van der Waals surface area contributed by atoms with E-state index in [2.05, 4.69) is 9.88 Å². The normalized spacial score (nSPS) is 25.4. The van der Waals surface area contributed by atoms with E-state index in [9.17, 15) is 0 Å². The van der Waals surface area contributed by atoms with Gasteiger partial charge in [0.05, 0.1) is 5.69 Å². The molecular formula is C13H19N3O. The molecule has 0 saturated carbocycles. The van der Waals surface area contributed by atoms with Crippen LogP contribution < -0.4 is 5.32 Å². The molecule has 2 aliphatic heterocycles. The average molecular weight is 233 g/mol. The Kier molecular flexibility index (Phi) is 2.04. The van der Waals surface area contributed by atoms with Crippen LogP contribution in [0.3, 0.4) is 0 Å². The molecule has 0 bridgehead atoms. The van der Waals surface area contributed by atoms with Crippen LogP contribution in [0.1, 0.15) is 37.1 Å². The van der Waals surface area contributed by atoms with E-state index in [0.717, 1.165) is 45.1 Å². The summed E-state index contributed by atoms with van der Waals surface area (Å²) < 4.78 is 7.94. The summed E-state index contributed by atoms with van der Waals surface area (Å²) in [7, 11) is 0. The molecule has 1 N–H and O–H groups in total. The Hall–Kier alpha value is -1.03. The molecule has 3 aliphatic rings. The number of hydrogen-bond donors (Lipinski definition) is 1. The number of aromatic nitrogens is 2. The van der Waals surface area contributed by atoms with Gasteiger partial charge in [-0.3, -0.25) is 0 Å². The highest BCUT2D eigenvalue weighted by atomic mass is 16.5. The van der Waals surface area contributed by atoms with Crippen molar-refractivity contribution in [3.8, 4) is 0 Å². The van der Waals surface area contributed by atoms with Crippen LogP contribution >= 0.6 is 0 Å². The average Bonchev–Trinajstić information content (AvgIpc) is 2.90. The molecule has 1 aromatic rings. The number of imidazole rings is 1. The van der Waals surface area contributed by atoms with Crippen molar-refractivity contribution in [2.45, 2.75) is 44.1 Å². The molecule has 0 radical (unpaired) electrons. The van der Waals surface area contributed by atoms with E-state index in [1.54, 1.807) is 0 Å². The Labute approximate surface area is 101 Å². The van der Waals surface area contributed by atoms with E-state index in [4.69, 9.17) is 9.72 Å². The minimum atomic E-state index is 0.347. The maximum atomic E-state index is 5.52. The van der Waals surface area contributed by atoms with Crippen LogP contribution in [0.2, 0.25) is 0 Å². The molecule has 0 atom stereocenters. The van der Waals surface area contributed by atoms with Crippen molar-refractivity contribution < 1.29 is 4.74 Å². The first-order valence-electron chi connectivity index (χ1n) is 6.81. The first kappa shape index (κ1) is 9.95. The molecule has 1 spiro atoms. The van der Waals surface area contributed by atoms with Crippen molar-refractivity contribution >= 4 is 5.95 Å². The zero-order valence-corrected chi connectivity index (χ0v) is 10.2. The third-order valence-corrected chi connectivity index (χ3v) is 4.71. The standard InChI is InChI=1S/C13H19N3O/c1-6-14-12-15-11-10(16(12)7-1)2-3-13(11)4-8-17-9-5-13/h1-9H2,(H,14,15). The van der Waals surface area contributed by atoms with E-state index in [1.807, 2.05) is 0 Å². The van der Waals surface area contributed by atoms with E-state index in [1.165, 1.54) is 30.7 Å². The monoisotopic (exact) mass is 233 g/mol. The number of anilines is 1. The number of rotatable bonds is 0. The van der Waals surface area contributed by atoms with E-state index >= 15 is 0 Å². The van der Waals surface area contributed by atoms with Gasteiger partial charge in [0.15, 0.2) is 0 Å². The Morgan fingerprint density at radius 3 is 3.00 bits per heavy atom. The topological polar surface area (TPSA) is 39.1 Å². The quantitative estimate of drug-likeness (QED) is 0.741. The third-order valence-electron chi connectivity index (χ3n) is 4.71. The minimum Gasteiger partial charge on any atom is -0.381 e. The third kappa shape index (κ3) is 1.30. The predicted octanol–water partition coefficient (Wildman–Crippen LogP) is 1.69. The summed E-state index contributed by atoms with van der Waals surface area (Å²) >= 11 is 0. The van der Waals surface area contributed by atoms with Gasteiger partial charge < -0.3 is 14.6 Å². The van der Waals surface area contributed by atoms with Gasteiger partial charge >= 0.3 is 0 Å². The molecule has 92 valence electrons. The largest absolute Gasteiger partial charge is 0.381 e. The van der Waals surface area contributed by atoms with Crippen LogP contribution in [-0.2, 0) is 23.1 Å². The van der Waals surface area contributed by atoms with E-state index < -0.39 is 0 Å². The fraction of sp³-hybridized carbons (Fsp3) is 0.769. The number of nitrogens with one attached hydrogen (secondary N) is 1. The van der Waals surface area contributed by atoms with Crippen LogP contribution in [0.25, 0.3) is 0 Å². The lowest BCUT2D eigenvalue weighted by Gasteiger charge is -2.32. The molecule has 4 nitrogen and oxygen atoms in total. The lowest BCUT2D eigenvalue weighted by atomic mass is 9.78. The van der Waals surface area contributed by atoms with Gasteiger partial charge in [0.25, 0.3) is 0 Å². The maximum Gasteiger partial charge on any atom is 0.203 e. The summed E-state index contributed by atoms with van der Waals surface area (Å²) in [6.45, 7) is 4.05. The first-order chi connectivity index (χ1) is 8.39. The van der Waals surface area contributed by atoms with Crippen LogP contribution in [0, 0.1) is 0 Å². The molecule has 0 amide bonds. The summed E-state index contributed by atoms with van der Waals surface area (Å²) in [6, 6.07) is 0. The zero-order valence-electron chi connectivity index (χ0n) is 10.2. The van der Waals surface area contributed by atoms with Crippen LogP contribution in [0.5, 0.6) is 0 Å². The lowest BCUT2D eigenvalue weighted by molar-refractivity contribution is 0.0494. The second-order valence-corrected chi connectivity index (χ2v) is 5.56. The molecule has 4 heteroatoms. The van der Waals surface area contributed by atoms with Crippen molar-refractivity contribution in [1.82, 2.24) is 9.55 Å². The first-order valence-corrected chi connectivity index (χ1v) is 6.81. The van der Waals surface area contributed by atoms with Gasteiger partial charge in [-0.05, 0) is 32.1 Å². The van der Waals surface area contributed by atoms with Gasteiger partial charge in [-0.25, -0.2) is 4.98 Å². The molecule has 1 fully saturated rings. The fourth-order valence-electron chi connectivity index (χ4n) is 3.70. The summed E-state index contributed by atoms with van der Waals surface area (Å²) in [5.74, 6) is 1.12. The van der Waals surface area contributed by atoms with Gasteiger partial charge in [-0.15, -0.1) is 0 Å². The SMILES string of the molecule is C1CNc2nc3c(n2C1)CCC31CCOCC1. The minimum absolute atomic E-state index is 0.347. The van der Waals surface area contributed by atoms with Crippen molar-refractivity contribution in [2.24, 2.45) is 0 Å². The summed E-state index contributed by atoms with van der Waals surface area (Å²) in [4.78, 5) is 4.90. The smallest absolute Gasteiger partial charge is 0.203 e. The van der Waals surface area contributed by atoms with E-state index in [-0.39, 0.29) is 0 Å². The molecule has 17 heavy (non-hydrogen) atoms. The molecule has 3 heterocycles. The Morgan fingerprint density at radius 2 is 2.12 bits per heavy atom. The van der Waals surface area contributed by atoms with E-state index in [0.29, 0.717) is 5.41 Å². The lowest BCUT2D eigenvalue weighted by Crippen LogP contribution is -2.32. The van der Waals surface area contributed by atoms with Crippen LogP contribution in [0.15, 0.2) is 0 Å². The molecule has 1 aliphatic carbocycles. The molecule has 1 saturated heterocycles. The Bertz CT molecular complexity index is 446. The molecule has 0 unspecified atom stereocenters. The number of fused-ring (bicyclic) bond motifs is 4. The van der Waals surface area contributed by atoms with Crippen molar-refractivity contribution in [3.63, 3.8) is 0 Å². The van der Waals surface area contributed by atoms with Gasteiger partial charge in [-0.2, -0.15) is 0 Å². The van der Waals surface area contributed by atoms with Crippen LogP contribution in [0.4, 0.5) is 5.95 Å². The summed E-state index contributed by atoms with van der Waals surface area (Å²) in [5, 5.41) is 3.43.